The minimum Gasteiger partial charge on any atom is -0.455 e. The molecule has 166 valence electrons. The zero-order valence-corrected chi connectivity index (χ0v) is 17.5. The standard InChI is InChI=1S/C23H25F3N2O3/c1-22(2,17-7-4-3-5-8-17)21(30)31-16-20(29)28-13-11-27(12-14-28)19-10-6-9-18(15-19)23(24,25)26/h3-10,15H,11-14,16H2,1-2H3. The van der Waals surface area contributed by atoms with Crippen LogP contribution in [0.1, 0.15) is 25.0 Å². The number of carbonyl (C=O) groups excluding carboxylic acids is 2. The maximum Gasteiger partial charge on any atom is 0.416 e. The van der Waals surface area contributed by atoms with Crippen molar-refractivity contribution in [1.82, 2.24) is 4.90 Å². The highest BCUT2D eigenvalue weighted by atomic mass is 19.4. The lowest BCUT2D eigenvalue weighted by Crippen LogP contribution is -2.50. The van der Waals surface area contributed by atoms with Gasteiger partial charge in [0.1, 0.15) is 0 Å². The molecule has 31 heavy (non-hydrogen) atoms. The highest BCUT2D eigenvalue weighted by Crippen LogP contribution is 2.32. The molecule has 1 amide bonds. The third-order valence-electron chi connectivity index (χ3n) is 5.50. The Kier molecular flexibility index (Phi) is 6.57. The highest BCUT2D eigenvalue weighted by molar-refractivity contribution is 5.85. The number of nitrogens with zero attached hydrogens (tertiary/aromatic N) is 2. The van der Waals surface area contributed by atoms with Crippen molar-refractivity contribution in [2.24, 2.45) is 0 Å². The zero-order chi connectivity index (χ0) is 22.6. The number of amides is 1. The Bertz CT molecular complexity index is 921. The largest absolute Gasteiger partial charge is 0.455 e. The van der Waals surface area contributed by atoms with E-state index in [0.717, 1.165) is 17.7 Å². The van der Waals surface area contributed by atoms with Crippen molar-refractivity contribution in [3.63, 3.8) is 0 Å². The van der Waals surface area contributed by atoms with Gasteiger partial charge in [0, 0.05) is 31.9 Å². The molecule has 0 unspecified atom stereocenters. The Hall–Kier alpha value is -3.03. The summed E-state index contributed by atoms with van der Waals surface area (Å²) in [4.78, 5) is 28.4. The van der Waals surface area contributed by atoms with Crippen molar-refractivity contribution >= 4 is 17.6 Å². The van der Waals surface area contributed by atoms with Crippen LogP contribution in [-0.4, -0.2) is 49.6 Å². The second-order valence-electron chi connectivity index (χ2n) is 7.98. The number of benzene rings is 2. The fraction of sp³-hybridized carbons (Fsp3) is 0.391. The second-order valence-corrected chi connectivity index (χ2v) is 7.98. The normalized spacial score (nSPS) is 15.0. The van der Waals surface area contributed by atoms with Crippen molar-refractivity contribution in [3.05, 3.63) is 65.7 Å². The number of hydrogen-bond donors (Lipinski definition) is 0. The molecule has 0 N–H and O–H groups in total. The first-order valence-electron chi connectivity index (χ1n) is 10.0. The quantitative estimate of drug-likeness (QED) is 0.671. The fourth-order valence-corrected chi connectivity index (χ4v) is 3.46. The lowest BCUT2D eigenvalue weighted by Gasteiger charge is -2.36. The lowest BCUT2D eigenvalue weighted by molar-refractivity contribution is -0.156. The Morgan fingerprint density at radius 2 is 1.52 bits per heavy atom. The molecule has 0 aromatic heterocycles. The van der Waals surface area contributed by atoms with Gasteiger partial charge in [-0.15, -0.1) is 0 Å². The predicted molar refractivity (Wildman–Crippen MR) is 111 cm³/mol. The molecule has 2 aromatic carbocycles. The number of carbonyl (C=O) groups is 2. The number of rotatable bonds is 5. The summed E-state index contributed by atoms with van der Waals surface area (Å²) in [6, 6.07) is 14.3. The molecule has 0 aliphatic carbocycles. The first-order valence-corrected chi connectivity index (χ1v) is 10.0. The number of esters is 1. The smallest absolute Gasteiger partial charge is 0.416 e. The van der Waals surface area contributed by atoms with Crippen LogP contribution in [0.3, 0.4) is 0 Å². The lowest BCUT2D eigenvalue weighted by atomic mass is 9.85. The summed E-state index contributed by atoms with van der Waals surface area (Å²) in [5.41, 5.74) is -0.319. The van der Waals surface area contributed by atoms with Crippen LogP contribution in [0.5, 0.6) is 0 Å². The van der Waals surface area contributed by atoms with E-state index in [1.54, 1.807) is 24.8 Å². The average Bonchev–Trinajstić information content (AvgIpc) is 2.77. The third-order valence-corrected chi connectivity index (χ3v) is 5.50. The number of hydrogen-bond acceptors (Lipinski definition) is 4. The Morgan fingerprint density at radius 3 is 2.13 bits per heavy atom. The number of ether oxygens (including phenoxy) is 1. The molecule has 0 saturated carbocycles. The first kappa shape index (κ1) is 22.7. The van der Waals surface area contributed by atoms with Gasteiger partial charge in [-0.25, -0.2) is 0 Å². The van der Waals surface area contributed by atoms with E-state index >= 15 is 0 Å². The molecule has 0 atom stereocenters. The van der Waals surface area contributed by atoms with E-state index in [-0.39, 0.29) is 12.5 Å². The molecule has 0 radical (unpaired) electrons. The number of halogens is 3. The second kappa shape index (κ2) is 8.99. The summed E-state index contributed by atoms with van der Waals surface area (Å²) in [7, 11) is 0. The van der Waals surface area contributed by atoms with Crippen molar-refractivity contribution < 1.29 is 27.5 Å². The summed E-state index contributed by atoms with van der Waals surface area (Å²) < 4.78 is 44.1. The predicted octanol–water partition coefficient (Wildman–Crippen LogP) is 3.88. The molecule has 8 heteroatoms. The maximum atomic E-state index is 12.9. The van der Waals surface area contributed by atoms with Crippen LogP contribution in [0.4, 0.5) is 18.9 Å². The molecule has 0 bridgehead atoms. The van der Waals surface area contributed by atoms with Crippen LogP contribution in [0.25, 0.3) is 0 Å². The van der Waals surface area contributed by atoms with Gasteiger partial charge in [-0.1, -0.05) is 36.4 Å². The first-order chi connectivity index (χ1) is 14.6. The van der Waals surface area contributed by atoms with E-state index in [4.69, 9.17) is 4.74 Å². The van der Waals surface area contributed by atoms with E-state index in [1.165, 1.54) is 6.07 Å². The molecule has 2 aromatic rings. The van der Waals surface area contributed by atoms with Gasteiger partial charge < -0.3 is 14.5 Å². The van der Waals surface area contributed by atoms with Crippen molar-refractivity contribution in [3.8, 4) is 0 Å². The summed E-state index contributed by atoms with van der Waals surface area (Å²) in [5.74, 6) is -0.810. The van der Waals surface area contributed by atoms with Crippen molar-refractivity contribution in [1.29, 1.82) is 0 Å². The van der Waals surface area contributed by atoms with E-state index in [1.807, 2.05) is 35.2 Å². The van der Waals surface area contributed by atoms with E-state index in [2.05, 4.69) is 0 Å². The zero-order valence-electron chi connectivity index (χ0n) is 17.5. The average molecular weight is 434 g/mol. The molecular formula is C23H25F3N2O3. The van der Waals surface area contributed by atoms with Gasteiger partial charge >= 0.3 is 12.1 Å². The van der Waals surface area contributed by atoms with Gasteiger partial charge in [-0.2, -0.15) is 13.2 Å². The number of alkyl halides is 3. The van der Waals surface area contributed by atoms with Crippen LogP contribution in [-0.2, 0) is 25.9 Å². The Labute approximate surface area is 179 Å². The minimum atomic E-state index is -4.40. The van der Waals surface area contributed by atoms with Crippen LogP contribution in [0, 0.1) is 0 Å². The van der Waals surface area contributed by atoms with Gasteiger partial charge in [-0.05, 0) is 37.6 Å². The van der Waals surface area contributed by atoms with Crippen LogP contribution >= 0.6 is 0 Å². The minimum absolute atomic E-state index is 0.319. The molecule has 5 nitrogen and oxygen atoms in total. The number of piperazine rings is 1. The van der Waals surface area contributed by atoms with Gasteiger partial charge in [0.05, 0.1) is 11.0 Å². The van der Waals surface area contributed by atoms with Crippen LogP contribution in [0.2, 0.25) is 0 Å². The van der Waals surface area contributed by atoms with Gasteiger partial charge in [0.2, 0.25) is 0 Å². The summed E-state index contributed by atoms with van der Waals surface area (Å²) in [5, 5.41) is 0. The van der Waals surface area contributed by atoms with Crippen LogP contribution in [0.15, 0.2) is 54.6 Å². The van der Waals surface area contributed by atoms with E-state index < -0.39 is 23.1 Å². The topological polar surface area (TPSA) is 49.9 Å². The van der Waals surface area contributed by atoms with Crippen molar-refractivity contribution in [2.75, 3.05) is 37.7 Å². The molecule has 3 rings (SSSR count). The van der Waals surface area contributed by atoms with Gasteiger partial charge in [0.25, 0.3) is 5.91 Å². The molecule has 0 spiro atoms. The summed E-state index contributed by atoms with van der Waals surface area (Å²) in [6.45, 7) is 4.60. The van der Waals surface area contributed by atoms with Crippen molar-refractivity contribution in [2.45, 2.75) is 25.4 Å². The number of anilines is 1. The Morgan fingerprint density at radius 1 is 0.903 bits per heavy atom. The molecule has 1 saturated heterocycles. The van der Waals surface area contributed by atoms with E-state index in [0.29, 0.717) is 31.9 Å². The molecule has 1 heterocycles. The summed E-state index contributed by atoms with van der Waals surface area (Å²) >= 11 is 0. The monoisotopic (exact) mass is 434 g/mol. The highest BCUT2D eigenvalue weighted by Gasteiger charge is 2.33. The Balaban J connectivity index is 1.52. The molecular weight excluding hydrogens is 409 g/mol. The van der Waals surface area contributed by atoms with E-state index in [9.17, 15) is 22.8 Å². The van der Waals surface area contributed by atoms with Gasteiger partial charge in [0.15, 0.2) is 6.61 Å². The SMILES string of the molecule is CC(C)(C(=O)OCC(=O)N1CCN(c2cccc(C(F)(F)F)c2)CC1)c1ccccc1. The fourth-order valence-electron chi connectivity index (χ4n) is 3.46. The molecule has 1 aliphatic heterocycles. The third kappa shape index (κ3) is 5.37. The maximum absolute atomic E-state index is 12.9. The molecule has 1 aliphatic rings. The molecule has 1 fully saturated rings. The van der Waals surface area contributed by atoms with Crippen LogP contribution < -0.4 is 4.90 Å². The summed E-state index contributed by atoms with van der Waals surface area (Å²) in [6.07, 6.45) is -4.40. The van der Waals surface area contributed by atoms with Gasteiger partial charge in [-0.3, -0.25) is 9.59 Å².